The lowest BCUT2D eigenvalue weighted by Crippen LogP contribution is -2.39. The summed E-state index contributed by atoms with van der Waals surface area (Å²) < 4.78 is 0. The van der Waals surface area contributed by atoms with Gasteiger partial charge in [0.05, 0.1) is 0 Å². The van der Waals surface area contributed by atoms with Crippen molar-refractivity contribution in [1.82, 2.24) is 9.88 Å². The largest absolute Gasteiger partial charge is 0.329 e. The zero-order valence-corrected chi connectivity index (χ0v) is 12.1. The topological polar surface area (TPSA) is 42.1 Å². The zero-order valence-electron chi connectivity index (χ0n) is 12.1. The van der Waals surface area contributed by atoms with E-state index < -0.39 is 0 Å². The van der Waals surface area contributed by atoms with E-state index in [-0.39, 0.29) is 0 Å². The molecule has 0 bridgehead atoms. The Morgan fingerprint density at radius 3 is 2.85 bits per heavy atom. The van der Waals surface area contributed by atoms with Crippen molar-refractivity contribution >= 4 is 0 Å². The standard InChI is InChI=1S/C17H21N3/c1-12-5-6-14-15(8-12)17(9-18)20(2)11-16(14)13-4-3-7-19-10-13/h3-8,10,16-17H,9,11,18H2,1-2H3. The Kier molecular flexibility index (Phi) is 3.55. The van der Waals surface area contributed by atoms with Crippen LogP contribution in [0.4, 0.5) is 0 Å². The normalized spacial score (nSPS) is 22.6. The van der Waals surface area contributed by atoms with Gasteiger partial charge in [-0.25, -0.2) is 0 Å². The molecule has 20 heavy (non-hydrogen) atoms. The van der Waals surface area contributed by atoms with Crippen molar-refractivity contribution < 1.29 is 0 Å². The summed E-state index contributed by atoms with van der Waals surface area (Å²) in [6, 6.07) is 11.2. The molecular formula is C17H21N3. The highest BCUT2D eigenvalue weighted by Gasteiger charge is 2.31. The number of hydrogen-bond donors (Lipinski definition) is 1. The summed E-state index contributed by atoms with van der Waals surface area (Å²) in [5, 5.41) is 0. The lowest BCUT2D eigenvalue weighted by molar-refractivity contribution is 0.223. The zero-order chi connectivity index (χ0) is 14.1. The van der Waals surface area contributed by atoms with Gasteiger partial charge in [-0.2, -0.15) is 0 Å². The van der Waals surface area contributed by atoms with E-state index in [1.165, 1.54) is 22.3 Å². The molecule has 2 unspecified atom stereocenters. The van der Waals surface area contributed by atoms with Gasteiger partial charge in [-0.3, -0.25) is 9.88 Å². The van der Waals surface area contributed by atoms with Crippen LogP contribution in [0.1, 0.15) is 34.2 Å². The number of benzene rings is 1. The monoisotopic (exact) mass is 267 g/mol. The van der Waals surface area contributed by atoms with Gasteiger partial charge >= 0.3 is 0 Å². The maximum Gasteiger partial charge on any atom is 0.0470 e. The van der Waals surface area contributed by atoms with Crippen molar-refractivity contribution in [3.8, 4) is 0 Å². The third kappa shape index (κ3) is 2.23. The van der Waals surface area contributed by atoms with Crippen LogP contribution in [0.25, 0.3) is 0 Å². The maximum absolute atomic E-state index is 5.99. The highest BCUT2D eigenvalue weighted by molar-refractivity contribution is 5.43. The van der Waals surface area contributed by atoms with Crippen LogP contribution in [-0.2, 0) is 0 Å². The van der Waals surface area contributed by atoms with E-state index in [4.69, 9.17) is 5.73 Å². The van der Waals surface area contributed by atoms with E-state index in [1.54, 1.807) is 0 Å². The van der Waals surface area contributed by atoms with E-state index >= 15 is 0 Å². The molecule has 1 aromatic carbocycles. The molecule has 2 heterocycles. The van der Waals surface area contributed by atoms with Gasteiger partial charge in [-0.15, -0.1) is 0 Å². The van der Waals surface area contributed by atoms with Gasteiger partial charge in [0.2, 0.25) is 0 Å². The SMILES string of the molecule is Cc1ccc2c(c1)C(CN)N(C)CC2c1cccnc1. The number of nitrogens with two attached hydrogens (primary N) is 1. The van der Waals surface area contributed by atoms with Gasteiger partial charge in [0.25, 0.3) is 0 Å². The molecule has 0 saturated heterocycles. The summed E-state index contributed by atoms with van der Waals surface area (Å²) in [7, 11) is 2.16. The number of aryl methyl sites for hydroxylation is 1. The third-order valence-electron chi connectivity index (χ3n) is 4.29. The fourth-order valence-electron chi connectivity index (χ4n) is 3.23. The summed E-state index contributed by atoms with van der Waals surface area (Å²) in [6.07, 6.45) is 3.81. The van der Waals surface area contributed by atoms with Crippen LogP contribution in [0.2, 0.25) is 0 Å². The van der Waals surface area contributed by atoms with Crippen LogP contribution in [0, 0.1) is 6.92 Å². The van der Waals surface area contributed by atoms with E-state index in [1.807, 2.05) is 18.5 Å². The molecule has 0 amide bonds. The van der Waals surface area contributed by atoms with E-state index in [0.717, 1.165) is 6.54 Å². The van der Waals surface area contributed by atoms with Crippen molar-refractivity contribution in [1.29, 1.82) is 0 Å². The van der Waals surface area contributed by atoms with Gasteiger partial charge in [-0.05, 0) is 36.7 Å². The molecule has 0 aliphatic carbocycles. The quantitative estimate of drug-likeness (QED) is 0.909. The molecule has 1 aliphatic rings. The number of likely N-dealkylation sites (N-methyl/N-ethyl adjacent to an activating group) is 1. The van der Waals surface area contributed by atoms with Crippen LogP contribution in [-0.4, -0.2) is 30.0 Å². The molecule has 0 fully saturated rings. The maximum atomic E-state index is 5.99. The number of fused-ring (bicyclic) bond motifs is 1. The average molecular weight is 267 g/mol. The third-order valence-corrected chi connectivity index (χ3v) is 4.29. The lowest BCUT2D eigenvalue weighted by Gasteiger charge is -2.39. The van der Waals surface area contributed by atoms with Crippen molar-refractivity contribution in [2.75, 3.05) is 20.1 Å². The minimum Gasteiger partial charge on any atom is -0.329 e. The molecule has 0 radical (unpaired) electrons. The second-order valence-electron chi connectivity index (χ2n) is 5.66. The predicted molar refractivity (Wildman–Crippen MR) is 81.7 cm³/mol. The first kappa shape index (κ1) is 13.3. The van der Waals surface area contributed by atoms with Crippen LogP contribution in [0.5, 0.6) is 0 Å². The summed E-state index contributed by atoms with van der Waals surface area (Å²) in [5.41, 5.74) is 11.3. The number of pyridine rings is 1. The highest BCUT2D eigenvalue weighted by atomic mass is 15.1. The van der Waals surface area contributed by atoms with Gasteiger partial charge in [0, 0.05) is 37.4 Å². The van der Waals surface area contributed by atoms with Gasteiger partial charge in [-0.1, -0.05) is 29.8 Å². The molecule has 0 saturated carbocycles. The van der Waals surface area contributed by atoms with E-state index in [2.05, 4.69) is 48.1 Å². The minimum absolute atomic E-state index is 0.317. The second-order valence-corrected chi connectivity index (χ2v) is 5.66. The molecule has 0 spiro atoms. The molecule has 1 aliphatic heterocycles. The molecule has 104 valence electrons. The van der Waals surface area contributed by atoms with Crippen molar-refractivity contribution in [2.24, 2.45) is 5.73 Å². The van der Waals surface area contributed by atoms with Crippen molar-refractivity contribution in [2.45, 2.75) is 18.9 Å². The Bertz CT molecular complexity index is 594. The Hall–Kier alpha value is -1.71. The molecule has 2 atom stereocenters. The highest BCUT2D eigenvalue weighted by Crippen LogP contribution is 2.38. The molecule has 2 N–H and O–H groups in total. The smallest absolute Gasteiger partial charge is 0.0470 e. The van der Waals surface area contributed by atoms with Crippen LogP contribution in [0.3, 0.4) is 0 Å². The first-order valence-electron chi connectivity index (χ1n) is 7.11. The van der Waals surface area contributed by atoms with E-state index in [9.17, 15) is 0 Å². The number of hydrogen-bond acceptors (Lipinski definition) is 3. The molecular weight excluding hydrogens is 246 g/mol. The fraction of sp³-hybridized carbons (Fsp3) is 0.353. The Balaban J connectivity index is 2.11. The summed E-state index contributed by atoms with van der Waals surface area (Å²) in [6.45, 7) is 3.79. The van der Waals surface area contributed by atoms with Crippen LogP contribution >= 0.6 is 0 Å². The molecule has 1 aromatic heterocycles. The molecule has 2 aromatic rings. The van der Waals surface area contributed by atoms with Crippen molar-refractivity contribution in [3.63, 3.8) is 0 Å². The second kappa shape index (κ2) is 5.35. The van der Waals surface area contributed by atoms with Crippen molar-refractivity contribution in [3.05, 3.63) is 65.0 Å². The Labute approximate surface area is 120 Å². The number of rotatable bonds is 2. The predicted octanol–water partition coefficient (Wildman–Crippen LogP) is 2.47. The number of aromatic nitrogens is 1. The summed E-state index contributed by atoms with van der Waals surface area (Å²) in [5.74, 6) is 0.382. The fourth-order valence-corrected chi connectivity index (χ4v) is 3.23. The van der Waals surface area contributed by atoms with Gasteiger partial charge in [0.15, 0.2) is 0 Å². The van der Waals surface area contributed by atoms with Gasteiger partial charge < -0.3 is 5.73 Å². The average Bonchev–Trinajstić information content (AvgIpc) is 2.47. The van der Waals surface area contributed by atoms with Gasteiger partial charge in [0.1, 0.15) is 0 Å². The first-order valence-corrected chi connectivity index (χ1v) is 7.11. The summed E-state index contributed by atoms with van der Waals surface area (Å²) >= 11 is 0. The first-order chi connectivity index (χ1) is 9.70. The minimum atomic E-state index is 0.317. The molecule has 3 heteroatoms. The van der Waals surface area contributed by atoms with Crippen LogP contribution < -0.4 is 5.73 Å². The molecule has 3 nitrogen and oxygen atoms in total. The summed E-state index contributed by atoms with van der Waals surface area (Å²) in [4.78, 5) is 6.63. The van der Waals surface area contributed by atoms with E-state index in [0.29, 0.717) is 18.5 Å². The Morgan fingerprint density at radius 1 is 1.30 bits per heavy atom. The lowest BCUT2D eigenvalue weighted by atomic mass is 9.81. The number of nitrogens with zero attached hydrogens (tertiary/aromatic N) is 2. The van der Waals surface area contributed by atoms with Crippen LogP contribution in [0.15, 0.2) is 42.7 Å². The molecule has 3 rings (SSSR count). The Morgan fingerprint density at radius 2 is 2.15 bits per heavy atom.